The number of halogens is 1. The molecule has 1 amide bonds. The van der Waals surface area contributed by atoms with E-state index in [1.54, 1.807) is 14.0 Å². The lowest BCUT2D eigenvalue weighted by Gasteiger charge is -2.22. The molecule has 0 heterocycles. The Kier molecular flexibility index (Phi) is 9.53. The number of Topliss-reactive ketones (excluding diaryl/α,β-unsaturated/α-hetero) is 1. The Morgan fingerprint density at radius 1 is 1.37 bits per heavy atom. The van der Waals surface area contributed by atoms with E-state index in [1.807, 2.05) is 6.08 Å². The van der Waals surface area contributed by atoms with Gasteiger partial charge >= 0.3 is 0 Å². The van der Waals surface area contributed by atoms with Crippen molar-refractivity contribution in [3.8, 4) is 0 Å². The quantitative estimate of drug-likeness (QED) is 0.477. The van der Waals surface area contributed by atoms with E-state index in [0.29, 0.717) is 12.3 Å². The molecule has 5 heteroatoms. The summed E-state index contributed by atoms with van der Waals surface area (Å²) in [6.45, 7) is 7.49. The molecule has 0 spiro atoms. The minimum absolute atomic E-state index is 0.0763. The first-order valence-electron chi connectivity index (χ1n) is 6.63. The first-order chi connectivity index (χ1) is 8.96. The number of likely N-dealkylation sites (N-methyl/N-ethyl adjacent to an activating group) is 1. The normalized spacial score (nSPS) is 15.4. The Bertz CT molecular complexity index is 308. The maximum absolute atomic E-state index is 11.8. The van der Waals surface area contributed by atoms with E-state index in [4.69, 9.17) is 11.6 Å². The Morgan fingerprint density at radius 2 is 2.00 bits per heavy atom. The van der Waals surface area contributed by atoms with Gasteiger partial charge in [0.25, 0.3) is 0 Å². The molecule has 2 N–H and O–H groups in total. The summed E-state index contributed by atoms with van der Waals surface area (Å²) in [5.74, 6) is -0.0569. The van der Waals surface area contributed by atoms with E-state index in [9.17, 15) is 9.59 Å². The number of hydrogen-bond acceptors (Lipinski definition) is 3. The predicted octanol–water partition coefficient (Wildman–Crippen LogP) is 1.88. The van der Waals surface area contributed by atoms with Gasteiger partial charge in [-0.25, -0.2) is 0 Å². The molecule has 1 unspecified atom stereocenters. The van der Waals surface area contributed by atoms with Gasteiger partial charge in [-0.3, -0.25) is 9.59 Å². The van der Waals surface area contributed by atoms with Gasteiger partial charge in [0.05, 0.1) is 18.0 Å². The Labute approximate surface area is 121 Å². The molecular formula is C14H25ClN2O2. The van der Waals surface area contributed by atoms with Crippen molar-refractivity contribution in [2.75, 3.05) is 12.9 Å². The van der Waals surface area contributed by atoms with Gasteiger partial charge in [0, 0.05) is 0 Å². The summed E-state index contributed by atoms with van der Waals surface area (Å²) in [4.78, 5) is 23.6. The molecule has 0 saturated carbocycles. The van der Waals surface area contributed by atoms with Crippen LogP contribution >= 0.6 is 11.6 Å². The molecule has 0 fully saturated rings. The SMILES string of the molecule is C=CCCC(C)C[C@@H](NC(=O)[C@H](C)NC)C(=O)CCl. The molecule has 0 rings (SSSR count). The van der Waals surface area contributed by atoms with Crippen LogP contribution in [-0.4, -0.2) is 36.7 Å². The first kappa shape index (κ1) is 18.1. The number of nitrogens with one attached hydrogen (secondary N) is 2. The largest absolute Gasteiger partial charge is 0.345 e. The molecule has 0 aromatic carbocycles. The molecule has 0 bridgehead atoms. The summed E-state index contributed by atoms with van der Waals surface area (Å²) < 4.78 is 0. The van der Waals surface area contributed by atoms with Gasteiger partial charge in [0.15, 0.2) is 5.78 Å². The van der Waals surface area contributed by atoms with E-state index in [-0.39, 0.29) is 23.6 Å². The second-order valence-electron chi connectivity index (χ2n) is 4.88. The highest BCUT2D eigenvalue weighted by atomic mass is 35.5. The lowest BCUT2D eigenvalue weighted by molar-refractivity contribution is -0.128. The van der Waals surface area contributed by atoms with Crippen molar-refractivity contribution in [2.24, 2.45) is 5.92 Å². The fourth-order valence-electron chi connectivity index (χ4n) is 1.71. The molecule has 4 nitrogen and oxygen atoms in total. The molecule has 19 heavy (non-hydrogen) atoms. The summed E-state index contributed by atoms with van der Waals surface area (Å²) in [6.07, 6.45) is 4.33. The number of hydrogen-bond donors (Lipinski definition) is 2. The van der Waals surface area contributed by atoms with Crippen molar-refractivity contribution < 1.29 is 9.59 Å². The molecule has 0 saturated heterocycles. The Morgan fingerprint density at radius 3 is 2.47 bits per heavy atom. The van der Waals surface area contributed by atoms with Crippen LogP contribution in [0.5, 0.6) is 0 Å². The lowest BCUT2D eigenvalue weighted by Crippen LogP contribution is -2.49. The Hall–Kier alpha value is -0.870. The van der Waals surface area contributed by atoms with Gasteiger partial charge in [0.1, 0.15) is 0 Å². The van der Waals surface area contributed by atoms with Gasteiger partial charge < -0.3 is 10.6 Å². The van der Waals surface area contributed by atoms with E-state index < -0.39 is 6.04 Å². The molecule has 0 radical (unpaired) electrons. The molecule has 3 atom stereocenters. The second-order valence-corrected chi connectivity index (χ2v) is 5.15. The minimum Gasteiger partial charge on any atom is -0.345 e. The number of carbonyl (C=O) groups excluding carboxylic acids is 2. The predicted molar refractivity (Wildman–Crippen MR) is 79.4 cm³/mol. The highest BCUT2D eigenvalue weighted by Gasteiger charge is 2.23. The van der Waals surface area contributed by atoms with Crippen LogP contribution in [0, 0.1) is 5.92 Å². The smallest absolute Gasteiger partial charge is 0.237 e. The van der Waals surface area contributed by atoms with Gasteiger partial charge in [-0.05, 0) is 39.2 Å². The van der Waals surface area contributed by atoms with Crippen LogP contribution in [-0.2, 0) is 9.59 Å². The molecule has 0 aromatic rings. The zero-order valence-electron chi connectivity index (χ0n) is 12.0. The number of rotatable bonds is 10. The zero-order chi connectivity index (χ0) is 14.8. The van der Waals surface area contributed by atoms with Crippen LogP contribution in [0.4, 0.5) is 0 Å². The number of carbonyl (C=O) groups is 2. The van der Waals surface area contributed by atoms with Crippen molar-refractivity contribution in [1.29, 1.82) is 0 Å². The van der Waals surface area contributed by atoms with Crippen LogP contribution in [0.1, 0.15) is 33.1 Å². The minimum atomic E-state index is -0.499. The van der Waals surface area contributed by atoms with Crippen LogP contribution < -0.4 is 10.6 Å². The molecular weight excluding hydrogens is 264 g/mol. The molecule has 0 aliphatic heterocycles. The Balaban J connectivity index is 4.50. The first-order valence-corrected chi connectivity index (χ1v) is 7.16. The molecule has 0 aromatic heterocycles. The zero-order valence-corrected chi connectivity index (χ0v) is 12.8. The van der Waals surface area contributed by atoms with Crippen LogP contribution in [0.15, 0.2) is 12.7 Å². The van der Waals surface area contributed by atoms with Crippen molar-refractivity contribution in [3.05, 3.63) is 12.7 Å². The maximum atomic E-state index is 11.8. The average molecular weight is 289 g/mol. The van der Waals surface area contributed by atoms with Crippen molar-refractivity contribution in [1.82, 2.24) is 10.6 Å². The highest BCUT2D eigenvalue weighted by molar-refractivity contribution is 6.28. The van der Waals surface area contributed by atoms with Crippen molar-refractivity contribution in [3.63, 3.8) is 0 Å². The fourth-order valence-corrected chi connectivity index (χ4v) is 1.90. The monoisotopic (exact) mass is 288 g/mol. The van der Waals surface area contributed by atoms with Crippen LogP contribution in [0.2, 0.25) is 0 Å². The number of alkyl halides is 1. The molecule has 0 aliphatic rings. The summed E-state index contributed by atoms with van der Waals surface area (Å²) in [6, 6.07) is -0.824. The van der Waals surface area contributed by atoms with Crippen molar-refractivity contribution in [2.45, 2.75) is 45.2 Å². The summed E-state index contributed by atoms with van der Waals surface area (Å²) in [5.41, 5.74) is 0. The summed E-state index contributed by atoms with van der Waals surface area (Å²) in [7, 11) is 1.70. The number of ketones is 1. The fraction of sp³-hybridized carbons (Fsp3) is 0.714. The lowest BCUT2D eigenvalue weighted by atomic mass is 9.95. The van der Waals surface area contributed by atoms with E-state index in [2.05, 4.69) is 24.1 Å². The average Bonchev–Trinajstić information content (AvgIpc) is 2.42. The third kappa shape index (κ3) is 7.33. The summed E-state index contributed by atoms with van der Waals surface area (Å²) >= 11 is 5.60. The van der Waals surface area contributed by atoms with Gasteiger partial charge in [-0.15, -0.1) is 18.2 Å². The van der Waals surface area contributed by atoms with Gasteiger partial charge in [-0.1, -0.05) is 13.0 Å². The third-order valence-electron chi connectivity index (χ3n) is 3.16. The van der Waals surface area contributed by atoms with E-state index in [0.717, 1.165) is 12.8 Å². The van der Waals surface area contributed by atoms with Crippen LogP contribution in [0.25, 0.3) is 0 Å². The third-order valence-corrected chi connectivity index (χ3v) is 3.43. The van der Waals surface area contributed by atoms with Gasteiger partial charge in [0.2, 0.25) is 5.91 Å². The molecule has 0 aliphatic carbocycles. The maximum Gasteiger partial charge on any atom is 0.237 e. The number of allylic oxidation sites excluding steroid dienone is 1. The highest BCUT2D eigenvalue weighted by Crippen LogP contribution is 2.14. The topological polar surface area (TPSA) is 58.2 Å². The van der Waals surface area contributed by atoms with E-state index >= 15 is 0 Å². The second kappa shape index (κ2) is 9.98. The standard InChI is InChI=1S/C14H25ClN2O2/c1-5-6-7-10(2)8-12(13(18)9-15)17-14(19)11(3)16-4/h5,10-12,16H,1,6-9H2,2-4H3,(H,17,19)/t10?,11-,12+/m0/s1. The van der Waals surface area contributed by atoms with Crippen LogP contribution in [0.3, 0.4) is 0 Å². The van der Waals surface area contributed by atoms with E-state index in [1.165, 1.54) is 0 Å². The van der Waals surface area contributed by atoms with Crippen molar-refractivity contribution >= 4 is 23.3 Å². The molecule has 110 valence electrons. The van der Waals surface area contributed by atoms with Gasteiger partial charge in [-0.2, -0.15) is 0 Å². The number of amides is 1. The summed E-state index contributed by atoms with van der Waals surface area (Å²) in [5, 5.41) is 5.61.